The number of benzene rings is 18. The first-order valence-electron chi connectivity index (χ1n) is 44.5. The van der Waals surface area contributed by atoms with Crippen molar-refractivity contribution in [3.8, 4) is 159 Å². The van der Waals surface area contributed by atoms with Crippen molar-refractivity contribution in [2.45, 2.75) is 0 Å². The molecule has 134 heavy (non-hydrogen) atoms. The number of aromatic nitrogens is 6. The lowest BCUT2D eigenvalue weighted by Crippen LogP contribution is -2.18. The van der Waals surface area contributed by atoms with Gasteiger partial charge in [0, 0.05) is 72.8 Å². The van der Waals surface area contributed by atoms with Gasteiger partial charge >= 0.3 is 0 Å². The fraction of sp³-hybridized carbons (Fsp3) is 0. The molecule has 0 fully saturated rings. The second-order valence-electron chi connectivity index (χ2n) is 32.5. The Morgan fingerprint density at radius 3 is 0.537 bits per heavy atom. The molecule has 0 radical (unpaired) electrons. The second-order valence-corrected chi connectivity index (χ2v) is 32.5. The van der Waals surface area contributed by atoms with Crippen LogP contribution in [0, 0.1) is 0 Å². The summed E-state index contributed by atoms with van der Waals surface area (Å²) in [5.74, 6) is 8.45. The van der Waals surface area contributed by atoms with E-state index in [1.165, 1.54) is 11.1 Å². The number of rotatable bonds is 14. The Hall–Kier alpha value is -18.4. The highest BCUT2D eigenvalue weighted by molar-refractivity contribution is 5.95. The third-order valence-corrected chi connectivity index (χ3v) is 24.0. The van der Waals surface area contributed by atoms with E-state index in [1.54, 1.807) is 0 Å². The average Bonchev–Trinajstić information content (AvgIpc) is 0.775. The van der Waals surface area contributed by atoms with Crippen molar-refractivity contribution in [2.75, 3.05) is 19.6 Å². The van der Waals surface area contributed by atoms with E-state index in [-0.39, 0.29) is 0 Å². The molecule has 0 unspecified atom stereocenters. The molecule has 0 bridgehead atoms. The molecule has 14 nitrogen and oxygen atoms in total. The third-order valence-electron chi connectivity index (χ3n) is 24.0. The summed E-state index contributed by atoms with van der Waals surface area (Å²) >= 11 is 0. The Balaban J connectivity index is 0.000000115. The first-order valence-corrected chi connectivity index (χ1v) is 44.5. The topological polar surface area (TPSA) is 127 Å². The lowest BCUT2D eigenvalue weighted by molar-refractivity contribution is 0.476. The number of anilines is 12. The normalized spacial score (nSPS) is 12.1. The van der Waals surface area contributed by atoms with Crippen LogP contribution in [0.25, 0.3) is 113 Å². The van der Waals surface area contributed by atoms with Crippen LogP contribution in [0.15, 0.2) is 485 Å². The van der Waals surface area contributed by atoms with Gasteiger partial charge < -0.3 is 38.5 Å². The number of fused-ring (bicyclic) bond motifs is 8. The van der Waals surface area contributed by atoms with Crippen LogP contribution < -0.4 is 38.5 Å². The molecular weight excluding hydrogens is 1650 g/mol. The van der Waals surface area contributed by atoms with E-state index >= 15 is 0 Å². The van der Waals surface area contributed by atoms with Crippen LogP contribution in [-0.2, 0) is 0 Å². The van der Waals surface area contributed by atoms with Crippen molar-refractivity contribution >= 4 is 68.2 Å². The Kier molecular flexibility index (Phi) is 21.3. The maximum Gasteiger partial charge on any atom is 0.160 e. The molecule has 21 aromatic rings. The van der Waals surface area contributed by atoms with Crippen LogP contribution in [0.3, 0.4) is 0 Å². The number of hydrogen-bond donors (Lipinski definition) is 0. The number of nitrogens with zero attached hydrogens (tertiary/aromatic N) is 10. The first kappa shape index (κ1) is 80.2. The predicted octanol–water partition coefficient (Wildman–Crippen LogP) is 32.4. The van der Waals surface area contributed by atoms with E-state index < -0.39 is 0 Å². The Morgan fingerprint density at radius 2 is 0.299 bits per heavy atom. The zero-order valence-corrected chi connectivity index (χ0v) is 72.3. The van der Waals surface area contributed by atoms with Gasteiger partial charge in [0.05, 0.1) is 79.7 Å². The van der Waals surface area contributed by atoms with Crippen molar-refractivity contribution in [2.24, 2.45) is 0 Å². The molecule has 0 saturated carbocycles. The molecule has 0 spiro atoms. The number of para-hydroxylation sites is 16. The van der Waals surface area contributed by atoms with E-state index in [0.29, 0.717) is 17.5 Å². The summed E-state index contributed by atoms with van der Waals surface area (Å²) in [7, 11) is 0. The Morgan fingerprint density at radius 1 is 0.127 bits per heavy atom. The Bertz CT molecular complexity index is 7470. The lowest BCUT2D eigenvalue weighted by atomic mass is 10.0. The summed E-state index contributed by atoms with van der Waals surface area (Å²) in [6.45, 7) is 0. The minimum Gasteiger partial charge on any atom is -0.453 e. The molecule has 4 aliphatic rings. The second kappa shape index (κ2) is 35.7. The zero-order valence-electron chi connectivity index (χ0n) is 72.3. The van der Waals surface area contributed by atoms with E-state index in [2.05, 4.69) is 262 Å². The Labute approximate surface area is 775 Å². The molecule has 14 heteroatoms. The summed E-state index contributed by atoms with van der Waals surface area (Å²) in [5, 5.41) is 0. The van der Waals surface area contributed by atoms with Gasteiger partial charge in [0.25, 0.3) is 0 Å². The third kappa shape index (κ3) is 16.0. The smallest absolute Gasteiger partial charge is 0.160 e. The quantitative estimate of drug-likeness (QED) is 0.102. The van der Waals surface area contributed by atoms with Gasteiger partial charge in [-0.3, -0.25) is 0 Å². The molecule has 0 atom stereocenters. The summed E-state index contributed by atoms with van der Waals surface area (Å²) in [6, 6.07) is 165. The maximum atomic E-state index is 6.42. The molecule has 7 heterocycles. The van der Waals surface area contributed by atoms with Gasteiger partial charge in [0.15, 0.2) is 63.5 Å². The van der Waals surface area contributed by atoms with E-state index in [0.717, 1.165) is 198 Å². The van der Waals surface area contributed by atoms with Crippen molar-refractivity contribution < 1.29 is 18.9 Å². The average molecular weight is 1730 g/mol. The van der Waals surface area contributed by atoms with E-state index in [4.69, 9.17) is 48.9 Å². The maximum absolute atomic E-state index is 6.42. The highest BCUT2D eigenvalue weighted by Gasteiger charge is 2.33. The fourth-order valence-electron chi connectivity index (χ4n) is 17.6. The molecule has 0 N–H and O–H groups in total. The van der Waals surface area contributed by atoms with Gasteiger partial charge in [-0.1, -0.05) is 303 Å². The molecule has 18 aromatic carbocycles. The van der Waals surface area contributed by atoms with Gasteiger partial charge in [-0.15, -0.1) is 0 Å². The van der Waals surface area contributed by atoms with Crippen molar-refractivity contribution in [3.63, 3.8) is 0 Å². The van der Waals surface area contributed by atoms with E-state index in [1.807, 2.05) is 243 Å². The molecular formula is C120H80N10O4. The zero-order chi connectivity index (χ0) is 89.0. The predicted molar refractivity (Wildman–Crippen MR) is 539 cm³/mol. The monoisotopic (exact) mass is 1720 g/mol. The van der Waals surface area contributed by atoms with Crippen molar-refractivity contribution in [1.82, 2.24) is 29.9 Å². The van der Waals surface area contributed by atoms with Gasteiger partial charge in [0.1, 0.15) is 0 Å². The summed E-state index contributed by atoms with van der Waals surface area (Å²) < 4.78 is 25.2. The molecule has 4 aliphatic heterocycles. The first-order chi connectivity index (χ1) is 66.4. The standard InChI is InChI=1S/C46H30N4O2.C40H27N3O.C34H23N3O/c1-3-15-31(16-4-1)36-30-37(32-17-5-2-6-18-32)48-46(47-36)33-27-34(49-38-19-7-11-23-42(38)51-43-24-12-8-20-39(43)49)29-35(28-33)50-40-21-9-13-25-44(40)52-45-26-14-10-22-41(45)50;1-3-11-28(12-4-1)29-19-21-31(22-20-29)35-27-34(30-13-5-2-6-14-30)41-40(42-35)32-23-25-33(26-24-32)43-36-15-7-9-17-38(36)44-39-18-10-8-16-37(39)43;1-3-11-24(12-4-1)28-23-29(25-13-5-2-6-14-25)36-34(35-28)26-19-21-27(22-20-26)37-30-15-7-9-17-32(30)38-33-18-10-8-16-31(33)37/h1-30H;1-27H;1-23H. The highest BCUT2D eigenvalue weighted by Crippen LogP contribution is 2.57. The largest absolute Gasteiger partial charge is 0.453 e. The molecule has 25 rings (SSSR count). The van der Waals surface area contributed by atoms with Gasteiger partial charge in [-0.2, -0.15) is 0 Å². The van der Waals surface area contributed by atoms with Crippen LogP contribution in [0.1, 0.15) is 0 Å². The summed E-state index contributed by atoms with van der Waals surface area (Å²) in [6.07, 6.45) is 0. The van der Waals surface area contributed by atoms with Crippen LogP contribution in [0.5, 0.6) is 46.0 Å². The molecule has 3 aromatic heterocycles. The van der Waals surface area contributed by atoms with Crippen LogP contribution >= 0.6 is 0 Å². The van der Waals surface area contributed by atoms with Crippen molar-refractivity contribution in [3.05, 3.63) is 485 Å². The number of hydrogen-bond acceptors (Lipinski definition) is 14. The molecule has 634 valence electrons. The SMILES string of the molecule is c1ccc(-c2cc(-c3ccccc3)nc(-c3cc(N4c5ccccc5Oc5ccccc54)cc(N4c5ccccc5Oc5ccccc54)c3)n2)cc1.c1ccc(-c2cc(-c3ccccc3)nc(-c3ccc(N4c5ccccc5Oc5ccccc54)cc3)n2)cc1.c1ccc(-c2ccc(-c3cc(-c4ccccc4)nc(-c4ccc(N5c6ccccc6Oc6ccccc65)cc4)n3)cc2)cc1. The van der Waals surface area contributed by atoms with Crippen LogP contribution in [-0.4, -0.2) is 29.9 Å². The highest BCUT2D eigenvalue weighted by atomic mass is 16.5. The summed E-state index contributed by atoms with van der Waals surface area (Å²) in [4.78, 5) is 39.5. The molecule has 0 aliphatic carbocycles. The van der Waals surface area contributed by atoms with Crippen molar-refractivity contribution in [1.29, 1.82) is 0 Å². The fourth-order valence-corrected chi connectivity index (χ4v) is 17.6. The number of ether oxygens (including phenoxy) is 4. The summed E-state index contributed by atoms with van der Waals surface area (Å²) in [5.41, 5.74) is 28.4. The molecule has 0 amide bonds. The lowest BCUT2D eigenvalue weighted by Gasteiger charge is -2.35. The van der Waals surface area contributed by atoms with Gasteiger partial charge in [0.2, 0.25) is 0 Å². The van der Waals surface area contributed by atoms with Crippen LogP contribution in [0.4, 0.5) is 68.2 Å². The van der Waals surface area contributed by atoms with E-state index in [9.17, 15) is 0 Å². The molecule has 0 saturated heterocycles. The minimum absolute atomic E-state index is 0.618. The van der Waals surface area contributed by atoms with Gasteiger partial charge in [-0.05, 0) is 193 Å². The van der Waals surface area contributed by atoms with Gasteiger partial charge in [-0.25, -0.2) is 29.9 Å². The minimum atomic E-state index is 0.618. The van der Waals surface area contributed by atoms with Crippen LogP contribution in [0.2, 0.25) is 0 Å².